The van der Waals surface area contributed by atoms with Gasteiger partial charge < -0.3 is 5.32 Å². The van der Waals surface area contributed by atoms with Crippen LogP contribution in [0.1, 0.15) is 12.6 Å². The normalized spacial score (nSPS) is 12.0. The first-order chi connectivity index (χ1) is 15.0. The quantitative estimate of drug-likeness (QED) is 0.467. The number of amides is 1. The van der Waals surface area contributed by atoms with Crippen molar-refractivity contribution in [3.63, 3.8) is 0 Å². The lowest BCUT2D eigenvalue weighted by Gasteiger charge is -2.11. The number of nitrogens with one attached hydrogen (secondary N) is 1. The lowest BCUT2D eigenvalue weighted by Crippen LogP contribution is -2.24. The van der Waals surface area contributed by atoms with Gasteiger partial charge in [-0.3, -0.25) is 14.3 Å². The average Bonchev–Trinajstić information content (AvgIpc) is 3.31. The average molecular weight is 436 g/mol. The Kier molecular flexibility index (Phi) is 5.72. The van der Waals surface area contributed by atoms with Crippen LogP contribution in [0.3, 0.4) is 0 Å². The van der Waals surface area contributed by atoms with E-state index >= 15 is 0 Å². The first kappa shape index (κ1) is 20.6. The molecular formula is C21H21N7O2S. The predicted octanol–water partition coefficient (Wildman–Crippen LogP) is 2.58. The molecule has 1 atom stereocenters. The molecule has 2 aromatic heterocycles. The minimum absolute atomic E-state index is 0.183. The standard InChI is InChI=1S/C21H21N7O2S/c1-14-18(20(30)28(26(14)3)17-12-8-5-9-13-17)27-21(23-24-25-27)31-15(2)19(29)22-16-10-6-4-7-11-16/h4-13,15H,1-3H3,(H,22,29). The van der Waals surface area contributed by atoms with Crippen LogP contribution in [0.5, 0.6) is 0 Å². The lowest BCUT2D eigenvalue weighted by atomic mass is 10.3. The number of aromatic nitrogens is 6. The van der Waals surface area contributed by atoms with Gasteiger partial charge in [0.2, 0.25) is 11.1 Å². The van der Waals surface area contributed by atoms with E-state index < -0.39 is 5.25 Å². The second kappa shape index (κ2) is 8.60. The third kappa shape index (κ3) is 4.02. The van der Waals surface area contributed by atoms with Crippen molar-refractivity contribution in [2.75, 3.05) is 5.32 Å². The molecule has 1 N–H and O–H groups in total. The van der Waals surface area contributed by atoms with Crippen molar-refractivity contribution in [2.45, 2.75) is 24.3 Å². The number of rotatable bonds is 6. The van der Waals surface area contributed by atoms with Crippen molar-refractivity contribution >= 4 is 23.4 Å². The smallest absolute Gasteiger partial charge is 0.297 e. The van der Waals surface area contributed by atoms with Gasteiger partial charge in [0.05, 0.1) is 16.6 Å². The summed E-state index contributed by atoms with van der Waals surface area (Å²) in [6, 6.07) is 18.6. The number of tetrazole rings is 1. The number of para-hydroxylation sites is 2. The van der Waals surface area contributed by atoms with Crippen LogP contribution in [-0.2, 0) is 11.8 Å². The summed E-state index contributed by atoms with van der Waals surface area (Å²) in [4.78, 5) is 25.8. The molecule has 4 aromatic rings. The third-order valence-corrected chi connectivity index (χ3v) is 5.90. The topological polar surface area (TPSA) is 99.6 Å². The Morgan fingerprint density at radius 1 is 1.06 bits per heavy atom. The zero-order valence-electron chi connectivity index (χ0n) is 17.3. The molecule has 9 nitrogen and oxygen atoms in total. The van der Waals surface area contributed by atoms with Crippen LogP contribution < -0.4 is 10.9 Å². The minimum atomic E-state index is -0.481. The second-order valence-electron chi connectivity index (χ2n) is 6.90. The van der Waals surface area contributed by atoms with E-state index in [0.29, 0.717) is 22.2 Å². The highest BCUT2D eigenvalue weighted by atomic mass is 32.2. The maximum atomic E-state index is 13.3. The zero-order valence-corrected chi connectivity index (χ0v) is 18.1. The van der Waals surface area contributed by atoms with Crippen LogP contribution in [0.4, 0.5) is 5.69 Å². The summed E-state index contributed by atoms with van der Waals surface area (Å²) in [5.41, 5.74) is 2.24. The largest absolute Gasteiger partial charge is 0.325 e. The number of nitrogens with zero attached hydrogens (tertiary/aromatic N) is 6. The molecule has 0 fully saturated rings. The molecule has 1 unspecified atom stereocenters. The van der Waals surface area contributed by atoms with E-state index in [-0.39, 0.29) is 11.5 Å². The predicted molar refractivity (Wildman–Crippen MR) is 119 cm³/mol. The van der Waals surface area contributed by atoms with E-state index in [0.717, 1.165) is 5.69 Å². The van der Waals surface area contributed by atoms with Gasteiger partial charge in [0.15, 0.2) is 5.69 Å². The summed E-state index contributed by atoms with van der Waals surface area (Å²) >= 11 is 1.18. The fourth-order valence-electron chi connectivity index (χ4n) is 3.17. The molecule has 0 saturated carbocycles. The molecule has 1 amide bonds. The molecule has 31 heavy (non-hydrogen) atoms. The number of carbonyl (C=O) groups excluding carboxylic acids is 1. The number of hydrogen-bond acceptors (Lipinski definition) is 6. The molecule has 0 aliphatic heterocycles. The summed E-state index contributed by atoms with van der Waals surface area (Å²) in [5.74, 6) is -0.183. The fraction of sp³-hybridized carbons (Fsp3) is 0.190. The molecule has 0 bridgehead atoms. The van der Waals surface area contributed by atoms with E-state index in [1.807, 2.05) is 67.6 Å². The highest BCUT2D eigenvalue weighted by Gasteiger charge is 2.24. The molecule has 0 aliphatic carbocycles. The Morgan fingerprint density at radius 3 is 2.39 bits per heavy atom. The maximum Gasteiger partial charge on any atom is 0.297 e. The van der Waals surface area contributed by atoms with Gasteiger partial charge in [-0.1, -0.05) is 48.2 Å². The molecule has 0 saturated heterocycles. The number of hydrogen-bond donors (Lipinski definition) is 1. The first-order valence-corrected chi connectivity index (χ1v) is 10.5. The molecule has 2 aromatic carbocycles. The molecule has 0 aliphatic rings. The van der Waals surface area contributed by atoms with Gasteiger partial charge in [0.1, 0.15) is 0 Å². The maximum absolute atomic E-state index is 13.3. The van der Waals surface area contributed by atoms with E-state index in [1.54, 1.807) is 23.3 Å². The summed E-state index contributed by atoms with van der Waals surface area (Å²) < 4.78 is 4.72. The summed E-state index contributed by atoms with van der Waals surface area (Å²) in [6.45, 7) is 3.60. The van der Waals surface area contributed by atoms with Gasteiger partial charge in [0, 0.05) is 12.7 Å². The number of anilines is 1. The number of thioether (sulfide) groups is 1. The number of benzene rings is 2. The van der Waals surface area contributed by atoms with Crippen molar-refractivity contribution in [2.24, 2.45) is 7.05 Å². The van der Waals surface area contributed by atoms with Gasteiger partial charge >= 0.3 is 0 Å². The molecule has 2 heterocycles. The van der Waals surface area contributed by atoms with Gasteiger partial charge in [-0.25, -0.2) is 4.68 Å². The molecular weight excluding hydrogens is 414 g/mol. The molecule has 4 rings (SSSR count). The Bertz CT molecular complexity index is 1260. The van der Waals surface area contributed by atoms with E-state index in [4.69, 9.17) is 0 Å². The van der Waals surface area contributed by atoms with Crippen LogP contribution in [0.2, 0.25) is 0 Å². The molecule has 0 radical (unpaired) electrons. The molecule has 0 spiro atoms. The summed E-state index contributed by atoms with van der Waals surface area (Å²) in [7, 11) is 1.81. The van der Waals surface area contributed by atoms with E-state index in [2.05, 4.69) is 20.8 Å². The zero-order chi connectivity index (χ0) is 22.0. The first-order valence-electron chi connectivity index (χ1n) is 9.62. The van der Waals surface area contributed by atoms with Gasteiger partial charge in [0.25, 0.3) is 5.56 Å². The van der Waals surface area contributed by atoms with Crippen molar-refractivity contribution in [1.29, 1.82) is 0 Å². The highest BCUT2D eigenvalue weighted by molar-refractivity contribution is 8.00. The Hall–Kier alpha value is -3.66. The van der Waals surface area contributed by atoms with Gasteiger partial charge in [-0.2, -0.15) is 4.68 Å². The van der Waals surface area contributed by atoms with Crippen molar-refractivity contribution < 1.29 is 4.79 Å². The van der Waals surface area contributed by atoms with E-state index in [1.165, 1.54) is 16.4 Å². The van der Waals surface area contributed by atoms with Gasteiger partial charge in [-0.15, -0.1) is 5.10 Å². The van der Waals surface area contributed by atoms with Crippen LogP contribution in [0, 0.1) is 6.92 Å². The Morgan fingerprint density at radius 2 is 1.71 bits per heavy atom. The monoisotopic (exact) mass is 435 g/mol. The highest BCUT2D eigenvalue weighted by Crippen LogP contribution is 2.24. The summed E-state index contributed by atoms with van der Waals surface area (Å²) in [6.07, 6.45) is 0. The molecule has 158 valence electrons. The van der Waals surface area contributed by atoms with Gasteiger partial charge in [-0.05, 0) is 48.5 Å². The number of carbonyl (C=O) groups is 1. The Labute approximate surface area is 182 Å². The third-order valence-electron chi connectivity index (χ3n) is 4.87. The van der Waals surface area contributed by atoms with Crippen LogP contribution >= 0.6 is 11.8 Å². The van der Waals surface area contributed by atoms with Crippen LogP contribution in [0.25, 0.3) is 11.4 Å². The van der Waals surface area contributed by atoms with Crippen molar-refractivity contribution in [3.05, 3.63) is 76.7 Å². The van der Waals surface area contributed by atoms with Crippen LogP contribution in [0.15, 0.2) is 70.6 Å². The van der Waals surface area contributed by atoms with E-state index in [9.17, 15) is 9.59 Å². The Balaban J connectivity index is 1.63. The van der Waals surface area contributed by atoms with Crippen molar-refractivity contribution in [1.82, 2.24) is 29.6 Å². The van der Waals surface area contributed by atoms with Crippen LogP contribution in [-0.4, -0.2) is 40.7 Å². The van der Waals surface area contributed by atoms with Crippen molar-refractivity contribution in [3.8, 4) is 11.4 Å². The SMILES string of the molecule is Cc1c(-n2nnnc2SC(C)C(=O)Nc2ccccc2)c(=O)n(-c2ccccc2)n1C. The fourth-order valence-corrected chi connectivity index (χ4v) is 3.96. The second-order valence-corrected chi connectivity index (χ2v) is 8.21. The lowest BCUT2D eigenvalue weighted by molar-refractivity contribution is -0.115. The molecule has 10 heteroatoms. The minimum Gasteiger partial charge on any atom is -0.325 e. The summed E-state index contributed by atoms with van der Waals surface area (Å²) in [5, 5.41) is 14.6.